The number of carbonyl (C=O) groups excluding carboxylic acids is 1. The number of urea groups is 1. The molecule has 0 saturated carbocycles. The van der Waals surface area contributed by atoms with Gasteiger partial charge in [0.25, 0.3) is 0 Å². The minimum atomic E-state index is -0.383. The Morgan fingerprint density at radius 3 is 1.94 bits per heavy atom. The Hall–Kier alpha value is -3.61. The lowest BCUT2D eigenvalue weighted by Gasteiger charge is -2.21. The summed E-state index contributed by atoms with van der Waals surface area (Å²) in [4.78, 5) is 12.7. The number of halogens is 2. The molecule has 3 aromatic carbocycles. The number of amides is 2. The van der Waals surface area contributed by atoms with Crippen molar-refractivity contribution in [2.75, 3.05) is 18.5 Å². The average molecular weight is 424 g/mol. The molecule has 0 radical (unpaired) electrons. The third-order valence-corrected chi connectivity index (χ3v) is 4.93. The Balaban J connectivity index is 1.45. The van der Waals surface area contributed by atoms with E-state index in [-0.39, 0.29) is 23.7 Å². The zero-order valence-corrected chi connectivity index (χ0v) is 16.7. The van der Waals surface area contributed by atoms with Crippen LogP contribution < -0.4 is 20.1 Å². The van der Waals surface area contributed by atoms with Crippen LogP contribution in [-0.4, -0.2) is 25.3 Å². The minimum Gasteiger partial charge on any atom is -0.486 e. The standard InChI is InChI=1S/C24H22F2N2O3/c25-18-5-1-16(2-6-18)13-21(14-17-3-7-19(26)8-4-17)28-24(29)27-20-9-10-22-23(15-20)31-12-11-30-22/h1-10,15,21H,11-14H2,(H2,27,28,29). The molecular weight excluding hydrogens is 402 g/mol. The zero-order valence-electron chi connectivity index (χ0n) is 16.7. The summed E-state index contributed by atoms with van der Waals surface area (Å²) >= 11 is 0. The molecule has 0 atom stereocenters. The van der Waals surface area contributed by atoms with Crippen molar-refractivity contribution < 1.29 is 23.0 Å². The molecule has 0 spiro atoms. The molecule has 31 heavy (non-hydrogen) atoms. The Morgan fingerprint density at radius 2 is 1.35 bits per heavy atom. The van der Waals surface area contributed by atoms with Gasteiger partial charge in [0.15, 0.2) is 11.5 Å². The molecule has 160 valence electrons. The van der Waals surface area contributed by atoms with E-state index in [1.807, 2.05) is 0 Å². The lowest BCUT2D eigenvalue weighted by molar-refractivity contribution is 0.171. The van der Waals surface area contributed by atoms with E-state index in [0.29, 0.717) is 43.2 Å². The minimum absolute atomic E-state index is 0.284. The number of benzene rings is 3. The van der Waals surface area contributed by atoms with Crippen LogP contribution in [0.25, 0.3) is 0 Å². The number of hydrogen-bond acceptors (Lipinski definition) is 3. The van der Waals surface area contributed by atoms with Crippen LogP contribution in [-0.2, 0) is 12.8 Å². The number of rotatable bonds is 6. The summed E-state index contributed by atoms with van der Waals surface area (Å²) < 4.78 is 37.5. The van der Waals surface area contributed by atoms with E-state index in [0.717, 1.165) is 11.1 Å². The van der Waals surface area contributed by atoms with E-state index in [1.165, 1.54) is 24.3 Å². The molecule has 0 fully saturated rings. The lowest BCUT2D eigenvalue weighted by atomic mass is 9.99. The van der Waals surface area contributed by atoms with Crippen LogP contribution in [0.5, 0.6) is 11.5 Å². The number of fused-ring (bicyclic) bond motifs is 1. The van der Waals surface area contributed by atoms with Crippen LogP contribution in [0.4, 0.5) is 19.3 Å². The van der Waals surface area contributed by atoms with Gasteiger partial charge < -0.3 is 20.1 Å². The molecule has 2 N–H and O–H groups in total. The molecule has 0 aliphatic carbocycles. The van der Waals surface area contributed by atoms with Crippen molar-refractivity contribution >= 4 is 11.7 Å². The van der Waals surface area contributed by atoms with Crippen LogP contribution in [0.1, 0.15) is 11.1 Å². The topological polar surface area (TPSA) is 59.6 Å². The number of ether oxygens (including phenoxy) is 2. The van der Waals surface area contributed by atoms with Crippen LogP contribution in [0, 0.1) is 11.6 Å². The first-order valence-electron chi connectivity index (χ1n) is 10.0. The molecule has 0 bridgehead atoms. The van der Waals surface area contributed by atoms with Crippen molar-refractivity contribution in [1.82, 2.24) is 5.32 Å². The molecule has 4 rings (SSSR count). The van der Waals surface area contributed by atoms with Gasteiger partial charge in [0.1, 0.15) is 24.8 Å². The van der Waals surface area contributed by atoms with Gasteiger partial charge in [0, 0.05) is 17.8 Å². The molecule has 0 saturated heterocycles. The number of nitrogens with one attached hydrogen (secondary N) is 2. The highest BCUT2D eigenvalue weighted by molar-refractivity contribution is 5.89. The summed E-state index contributed by atoms with van der Waals surface area (Å²) in [6, 6.07) is 16.8. The van der Waals surface area contributed by atoms with E-state index in [1.54, 1.807) is 42.5 Å². The predicted molar refractivity (Wildman–Crippen MR) is 114 cm³/mol. The highest BCUT2D eigenvalue weighted by Gasteiger charge is 2.16. The van der Waals surface area contributed by atoms with Gasteiger partial charge in [-0.3, -0.25) is 0 Å². The molecule has 1 heterocycles. The lowest BCUT2D eigenvalue weighted by Crippen LogP contribution is -2.40. The Labute approximate surface area is 179 Å². The summed E-state index contributed by atoms with van der Waals surface area (Å²) in [5.41, 5.74) is 2.34. The maximum absolute atomic E-state index is 13.2. The molecule has 1 aliphatic heterocycles. The van der Waals surface area contributed by atoms with Gasteiger partial charge >= 0.3 is 6.03 Å². The predicted octanol–water partition coefficient (Wildman–Crippen LogP) is 4.71. The summed E-state index contributed by atoms with van der Waals surface area (Å²) in [5, 5.41) is 5.77. The molecule has 5 nitrogen and oxygen atoms in total. The summed E-state index contributed by atoms with van der Waals surface area (Å²) in [5.74, 6) is 0.590. The van der Waals surface area contributed by atoms with Gasteiger partial charge in [-0.25, -0.2) is 13.6 Å². The first kappa shape index (κ1) is 20.7. The summed E-state index contributed by atoms with van der Waals surface area (Å²) in [7, 11) is 0. The fourth-order valence-corrected chi connectivity index (χ4v) is 3.46. The molecule has 0 aromatic heterocycles. The van der Waals surface area contributed by atoms with Gasteiger partial charge in [-0.05, 0) is 60.4 Å². The summed E-state index contributed by atoms with van der Waals surface area (Å²) in [6.07, 6.45) is 0.985. The summed E-state index contributed by atoms with van der Waals surface area (Å²) in [6.45, 7) is 0.953. The van der Waals surface area contributed by atoms with Crippen molar-refractivity contribution in [3.8, 4) is 11.5 Å². The van der Waals surface area contributed by atoms with Crippen LogP contribution in [0.2, 0.25) is 0 Å². The van der Waals surface area contributed by atoms with Crippen molar-refractivity contribution in [2.24, 2.45) is 0 Å². The van der Waals surface area contributed by atoms with Crippen LogP contribution in [0.15, 0.2) is 66.7 Å². The van der Waals surface area contributed by atoms with Gasteiger partial charge in [-0.15, -0.1) is 0 Å². The van der Waals surface area contributed by atoms with Crippen LogP contribution >= 0.6 is 0 Å². The molecule has 0 unspecified atom stereocenters. The van der Waals surface area contributed by atoms with Crippen molar-refractivity contribution in [3.05, 3.63) is 89.5 Å². The van der Waals surface area contributed by atoms with E-state index >= 15 is 0 Å². The second-order valence-corrected chi connectivity index (χ2v) is 7.32. The first-order chi connectivity index (χ1) is 15.0. The molecule has 2 amide bonds. The first-order valence-corrected chi connectivity index (χ1v) is 10.0. The second kappa shape index (κ2) is 9.47. The van der Waals surface area contributed by atoms with E-state index in [9.17, 15) is 13.6 Å². The van der Waals surface area contributed by atoms with E-state index < -0.39 is 0 Å². The Kier molecular flexibility index (Phi) is 6.31. The third-order valence-electron chi connectivity index (χ3n) is 4.93. The highest BCUT2D eigenvalue weighted by atomic mass is 19.1. The third kappa shape index (κ3) is 5.72. The second-order valence-electron chi connectivity index (χ2n) is 7.32. The molecule has 1 aliphatic rings. The van der Waals surface area contributed by atoms with E-state index in [4.69, 9.17) is 9.47 Å². The van der Waals surface area contributed by atoms with Crippen molar-refractivity contribution in [3.63, 3.8) is 0 Å². The number of carbonyl (C=O) groups is 1. The van der Waals surface area contributed by atoms with Crippen molar-refractivity contribution in [1.29, 1.82) is 0 Å². The zero-order chi connectivity index (χ0) is 21.6. The smallest absolute Gasteiger partial charge is 0.319 e. The normalized spacial score (nSPS) is 12.5. The molecular formula is C24H22F2N2O3. The monoisotopic (exact) mass is 424 g/mol. The number of anilines is 1. The fourth-order valence-electron chi connectivity index (χ4n) is 3.46. The van der Waals surface area contributed by atoms with Gasteiger partial charge in [0.05, 0.1) is 0 Å². The SMILES string of the molecule is O=C(Nc1ccc2c(c1)OCCO2)NC(Cc1ccc(F)cc1)Cc1ccc(F)cc1. The number of hydrogen-bond donors (Lipinski definition) is 2. The van der Waals surface area contributed by atoms with Crippen molar-refractivity contribution in [2.45, 2.75) is 18.9 Å². The largest absolute Gasteiger partial charge is 0.486 e. The quantitative estimate of drug-likeness (QED) is 0.603. The Morgan fingerprint density at radius 1 is 0.806 bits per heavy atom. The molecule has 7 heteroatoms. The maximum Gasteiger partial charge on any atom is 0.319 e. The molecule has 3 aromatic rings. The van der Waals surface area contributed by atoms with Gasteiger partial charge in [-0.2, -0.15) is 0 Å². The van der Waals surface area contributed by atoms with Gasteiger partial charge in [0.2, 0.25) is 0 Å². The van der Waals surface area contributed by atoms with E-state index in [2.05, 4.69) is 10.6 Å². The maximum atomic E-state index is 13.2. The highest BCUT2D eigenvalue weighted by Crippen LogP contribution is 2.32. The average Bonchev–Trinajstić information content (AvgIpc) is 2.77. The van der Waals surface area contributed by atoms with Crippen LogP contribution in [0.3, 0.4) is 0 Å². The fraction of sp³-hybridized carbons (Fsp3) is 0.208. The Bertz CT molecular complexity index is 992. The van der Waals surface area contributed by atoms with Gasteiger partial charge in [-0.1, -0.05) is 24.3 Å².